The topological polar surface area (TPSA) is 37.8 Å². The Labute approximate surface area is 121 Å². The van der Waals surface area contributed by atoms with Gasteiger partial charge >= 0.3 is 0 Å². The van der Waals surface area contributed by atoms with Gasteiger partial charge < -0.3 is 14.4 Å². The number of ether oxygens (including phenoxy) is 2. The highest BCUT2D eigenvalue weighted by Gasteiger charge is 2.29. The predicted octanol–water partition coefficient (Wildman–Crippen LogP) is 1.37. The summed E-state index contributed by atoms with van der Waals surface area (Å²) in [6.45, 7) is 6.03. The van der Waals surface area contributed by atoms with Gasteiger partial charge in [-0.25, -0.2) is 4.98 Å². The van der Waals surface area contributed by atoms with Gasteiger partial charge in [0.05, 0.1) is 38.2 Å². The quantitative estimate of drug-likeness (QED) is 0.784. The van der Waals surface area contributed by atoms with E-state index in [-0.39, 0.29) is 0 Å². The van der Waals surface area contributed by atoms with Crippen LogP contribution in [0.25, 0.3) is 0 Å². The number of rotatable bonds is 3. The first-order valence-electron chi connectivity index (χ1n) is 6.54. The molecule has 0 N–H and O–H groups in total. The van der Waals surface area contributed by atoms with E-state index in [2.05, 4.69) is 30.7 Å². The summed E-state index contributed by atoms with van der Waals surface area (Å²) < 4.78 is 11.3. The van der Waals surface area contributed by atoms with Gasteiger partial charge in [-0.05, 0) is 15.9 Å². The zero-order valence-corrected chi connectivity index (χ0v) is 12.6. The number of anilines is 1. The first-order chi connectivity index (χ1) is 9.28. The van der Waals surface area contributed by atoms with Crippen LogP contribution < -0.4 is 9.64 Å². The standard InChI is InChI=1S/C13H18BrN3O2/c1-18-12-6-10(7-15-13(12)14)16-2-4-17(5-3-16)11-8-19-9-11/h6-7,11H,2-5,8-9H2,1H3. The molecule has 0 bridgehead atoms. The van der Waals surface area contributed by atoms with Gasteiger partial charge in [0.25, 0.3) is 0 Å². The van der Waals surface area contributed by atoms with Gasteiger partial charge in [-0.2, -0.15) is 0 Å². The van der Waals surface area contributed by atoms with Crippen molar-refractivity contribution in [3.8, 4) is 5.75 Å². The lowest BCUT2D eigenvalue weighted by Crippen LogP contribution is -2.56. The monoisotopic (exact) mass is 327 g/mol. The third-order valence-corrected chi connectivity index (χ3v) is 4.42. The Balaban J connectivity index is 1.64. The SMILES string of the molecule is COc1cc(N2CCN(C3COC3)CC2)cnc1Br. The Bertz CT molecular complexity index is 446. The molecule has 19 heavy (non-hydrogen) atoms. The van der Waals surface area contributed by atoms with E-state index in [1.807, 2.05) is 12.3 Å². The molecule has 2 fully saturated rings. The van der Waals surface area contributed by atoms with E-state index in [0.29, 0.717) is 6.04 Å². The summed E-state index contributed by atoms with van der Waals surface area (Å²) in [5.74, 6) is 0.785. The number of pyridine rings is 1. The number of nitrogens with zero attached hydrogens (tertiary/aromatic N) is 3. The molecule has 6 heteroatoms. The second kappa shape index (κ2) is 5.64. The zero-order chi connectivity index (χ0) is 13.2. The van der Waals surface area contributed by atoms with E-state index in [1.54, 1.807) is 7.11 Å². The van der Waals surface area contributed by atoms with E-state index in [1.165, 1.54) is 0 Å². The molecule has 0 radical (unpaired) electrons. The summed E-state index contributed by atoms with van der Waals surface area (Å²) in [5.41, 5.74) is 1.13. The summed E-state index contributed by atoms with van der Waals surface area (Å²) in [6, 6.07) is 2.68. The minimum atomic E-state index is 0.639. The van der Waals surface area contributed by atoms with E-state index in [0.717, 1.165) is 55.4 Å². The molecule has 0 unspecified atom stereocenters. The van der Waals surface area contributed by atoms with Crippen molar-refractivity contribution in [2.45, 2.75) is 6.04 Å². The van der Waals surface area contributed by atoms with E-state index >= 15 is 0 Å². The van der Waals surface area contributed by atoms with Gasteiger partial charge in [-0.1, -0.05) is 0 Å². The van der Waals surface area contributed by atoms with Gasteiger partial charge in [-0.15, -0.1) is 0 Å². The smallest absolute Gasteiger partial charge is 0.153 e. The molecule has 2 saturated heterocycles. The van der Waals surface area contributed by atoms with E-state index in [4.69, 9.17) is 9.47 Å². The third-order valence-electron chi connectivity index (χ3n) is 3.83. The fourth-order valence-electron chi connectivity index (χ4n) is 2.51. The van der Waals surface area contributed by atoms with Gasteiger partial charge in [0.2, 0.25) is 0 Å². The van der Waals surface area contributed by atoms with E-state index in [9.17, 15) is 0 Å². The van der Waals surface area contributed by atoms with Gasteiger partial charge in [0.15, 0.2) is 5.75 Å². The summed E-state index contributed by atoms with van der Waals surface area (Å²) in [7, 11) is 1.67. The summed E-state index contributed by atoms with van der Waals surface area (Å²) in [4.78, 5) is 9.20. The molecule has 0 aromatic carbocycles. The van der Waals surface area contributed by atoms with Crippen molar-refractivity contribution in [3.05, 3.63) is 16.9 Å². The lowest BCUT2D eigenvalue weighted by atomic mass is 10.2. The molecule has 0 spiro atoms. The molecule has 2 aliphatic rings. The van der Waals surface area contributed by atoms with Crippen molar-refractivity contribution < 1.29 is 9.47 Å². The Kier molecular flexibility index (Phi) is 3.91. The average molecular weight is 328 g/mol. The molecule has 0 aliphatic carbocycles. The predicted molar refractivity (Wildman–Crippen MR) is 76.9 cm³/mol. The molecule has 3 heterocycles. The normalized spacial score (nSPS) is 21.3. The largest absolute Gasteiger partial charge is 0.494 e. The number of aromatic nitrogens is 1. The van der Waals surface area contributed by atoms with Crippen LogP contribution in [0.3, 0.4) is 0 Å². The number of methoxy groups -OCH3 is 1. The second-order valence-corrected chi connectivity index (χ2v) is 5.65. The molecule has 104 valence electrons. The summed E-state index contributed by atoms with van der Waals surface area (Å²) in [5, 5.41) is 0. The van der Waals surface area contributed by atoms with Crippen LogP contribution in [0.1, 0.15) is 0 Å². The van der Waals surface area contributed by atoms with Crippen LogP contribution in [0.4, 0.5) is 5.69 Å². The lowest BCUT2D eigenvalue weighted by molar-refractivity contribution is -0.0660. The van der Waals surface area contributed by atoms with Crippen LogP contribution in [0.15, 0.2) is 16.9 Å². The minimum Gasteiger partial charge on any atom is -0.494 e. The molecule has 1 aromatic rings. The highest BCUT2D eigenvalue weighted by atomic mass is 79.9. The van der Waals surface area contributed by atoms with Gasteiger partial charge in [0, 0.05) is 32.2 Å². The number of halogens is 1. The van der Waals surface area contributed by atoms with Crippen molar-refractivity contribution in [2.24, 2.45) is 0 Å². The van der Waals surface area contributed by atoms with Crippen molar-refractivity contribution in [2.75, 3.05) is 51.4 Å². The summed E-state index contributed by atoms with van der Waals surface area (Å²) >= 11 is 3.38. The fourth-order valence-corrected chi connectivity index (χ4v) is 2.89. The average Bonchev–Trinajstić information content (AvgIpc) is 2.38. The number of hydrogen-bond donors (Lipinski definition) is 0. The lowest BCUT2D eigenvalue weighted by Gasteiger charge is -2.43. The maximum absolute atomic E-state index is 5.30. The minimum absolute atomic E-state index is 0.639. The van der Waals surface area contributed by atoms with Crippen molar-refractivity contribution in [1.29, 1.82) is 0 Å². The molecule has 2 aliphatic heterocycles. The Morgan fingerprint density at radius 1 is 1.32 bits per heavy atom. The van der Waals surface area contributed by atoms with Crippen LogP contribution in [-0.2, 0) is 4.74 Å². The van der Waals surface area contributed by atoms with Crippen molar-refractivity contribution in [3.63, 3.8) is 0 Å². The highest BCUT2D eigenvalue weighted by molar-refractivity contribution is 9.10. The third kappa shape index (κ3) is 2.70. The van der Waals surface area contributed by atoms with Gasteiger partial charge in [-0.3, -0.25) is 4.90 Å². The van der Waals surface area contributed by atoms with Crippen LogP contribution in [-0.4, -0.2) is 62.4 Å². The number of hydrogen-bond acceptors (Lipinski definition) is 5. The molecule has 1 aromatic heterocycles. The number of piperazine rings is 1. The van der Waals surface area contributed by atoms with E-state index < -0.39 is 0 Å². The van der Waals surface area contributed by atoms with Crippen molar-refractivity contribution >= 4 is 21.6 Å². The van der Waals surface area contributed by atoms with Gasteiger partial charge in [0.1, 0.15) is 4.60 Å². The maximum Gasteiger partial charge on any atom is 0.153 e. The molecular weight excluding hydrogens is 310 g/mol. The maximum atomic E-state index is 5.30. The fraction of sp³-hybridized carbons (Fsp3) is 0.615. The van der Waals surface area contributed by atoms with Crippen LogP contribution >= 0.6 is 15.9 Å². The first kappa shape index (κ1) is 13.1. The highest BCUT2D eigenvalue weighted by Crippen LogP contribution is 2.28. The molecule has 5 nitrogen and oxygen atoms in total. The molecule has 3 rings (SSSR count). The summed E-state index contributed by atoms with van der Waals surface area (Å²) in [6.07, 6.45) is 1.90. The Hall–Kier alpha value is -0.850. The van der Waals surface area contributed by atoms with Crippen LogP contribution in [0.5, 0.6) is 5.75 Å². The molecular formula is C13H18BrN3O2. The molecule has 0 atom stereocenters. The van der Waals surface area contributed by atoms with Crippen LogP contribution in [0.2, 0.25) is 0 Å². The Morgan fingerprint density at radius 3 is 2.63 bits per heavy atom. The van der Waals surface area contributed by atoms with Crippen molar-refractivity contribution in [1.82, 2.24) is 9.88 Å². The van der Waals surface area contributed by atoms with Crippen LogP contribution in [0, 0.1) is 0 Å². The zero-order valence-electron chi connectivity index (χ0n) is 11.0. The first-order valence-corrected chi connectivity index (χ1v) is 7.33. The second-order valence-electron chi connectivity index (χ2n) is 4.90. The molecule has 0 saturated carbocycles. The Morgan fingerprint density at radius 2 is 2.05 bits per heavy atom. The molecule has 0 amide bonds.